The van der Waals surface area contributed by atoms with Crippen LogP contribution >= 0.6 is 0 Å². The molecule has 2 unspecified atom stereocenters. The fraction of sp³-hybridized carbons (Fsp3) is 0.625. The Balaban J connectivity index is 1.70. The largest absolute Gasteiger partial charge is 0.507 e. The van der Waals surface area contributed by atoms with Gasteiger partial charge in [-0.3, -0.25) is 0 Å². The first-order chi connectivity index (χ1) is 9.15. The second-order valence-electron chi connectivity index (χ2n) is 6.10. The Labute approximate surface area is 115 Å². The molecule has 0 bridgehead atoms. The van der Waals surface area contributed by atoms with Crippen LogP contribution in [-0.2, 0) is 0 Å². The molecule has 104 valence electrons. The number of nitrogens with one attached hydrogen (secondary N) is 1. The fourth-order valence-electron chi connectivity index (χ4n) is 3.57. The number of anilines is 1. The van der Waals surface area contributed by atoms with E-state index in [2.05, 4.69) is 16.3 Å². The lowest BCUT2D eigenvalue weighted by molar-refractivity contribution is 0.188. The highest BCUT2D eigenvalue weighted by Gasteiger charge is 2.31. The molecule has 0 aromatic heterocycles. The van der Waals surface area contributed by atoms with Gasteiger partial charge in [0, 0.05) is 29.9 Å². The van der Waals surface area contributed by atoms with Crippen LogP contribution in [0.5, 0.6) is 5.75 Å². The van der Waals surface area contributed by atoms with E-state index in [-0.39, 0.29) is 0 Å². The van der Waals surface area contributed by atoms with Crippen molar-refractivity contribution in [3.8, 4) is 5.75 Å². The van der Waals surface area contributed by atoms with Crippen molar-refractivity contribution in [1.29, 1.82) is 0 Å². The van der Waals surface area contributed by atoms with Crippen molar-refractivity contribution in [2.75, 3.05) is 18.4 Å². The molecule has 2 fully saturated rings. The van der Waals surface area contributed by atoms with Gasteiger partial charge in [0.2, 0.25) is 0 Å². The number of nitrogens with zero attached hydrogens (tertiary/aromatic N) is 1. The predicted molar refractivity (Wildman–Crippen MR) is 78.8 cm³/mol. The van der Waals surface area contributed by atoms with Gasteiger partial charge in [0.05, 0.1) is 0 Å². The number of hydrogen-bond donors (Lipinski definition) is 2. The Morgan fingerprint density at radius 2 is 2.05 bits per heavy atom. The van der Waals surface area contributed by atoms with Crippen LogP contribution in [0.15, 0.2) is 12.1 Å². The number of phenolic OH excluding ortho intramolecular Hbond substituents is 1. The van der Waals surface area contributed by atoms with E-state index in [9.17, 15) is 5.11 Å². The highest BCUT2D eigenvalue weighted by molar-refractivity contribution is 5.59. The molecule has 0 aliphatic carbocycles. The van der Waals surface area contributed by atoms with E-state index >= 15 is 0 Å². The summed E-state index contributed by atoms with van der Waals surface area (Å²) < 4.78 is 0. The van der Waals surface area contributed by atoms with E-state index in [0.717, 1.165) is 22.9 Å². The van der Waals surface area contributed by atoms with Crippen molar-refractivity contribution in [2.24, 2.45) is 0 Å². The van der Waals surface area contributed by atoms with Crippen LogP contribution in [0.4, 0.5) is 5.69 Å². The summed E-state index contributed by atoms with van der Waals surface area (Å²) in [6.07, 6.45) is 5.18. The fourth-order valence-corrected chi connectivity index (χ4v) is 3.57. The van der Waals surface area contributed by atoms with Crippen LogP contribution in [0.2, 0.25) is 0 Å². The number of aromatic hydroxyl groups is 1. The summed E-state index contributed by atoms with van der Waals surface area (Å²) in [7, 11) is 0. The Morgan fingerprint density at radius 3 is 2.89 bits per heavy atom. The molecule has 3 rings (SSSR count). The van der Waals surface area contributed by atoms with Gasteiger partial charge in [0.25, 0.3) is 0 Å². The second-order valence-corrected chi connectivity index (χ2v) is 6.10. The van der Waals surface area contributed by atoms with Gasteiger partial charge in [-0.1, -0.05) is 6.07 Å². The topological polar surface area (TPSA) is 35.5 Å². The zero-order chi connectivity index (χ0) is 13.4. The minimum atomic E-state index is 0.434. The van der Waals surface area contributed by atoms with E-state index < -0.39 is 0 Å². The third-order valence-corrected chi connectivity index (χ3v) is 4.81. The van der Waals surface area contributed by atoms with Crippen LogP contribution in [0.1, 0.15) is 36.8 Å². The molecule has 1 aromatic rings. The van der Waals surface area contributed by atoms with Crippen molar-refractivity contribution < 1.29 is 5.11 Å². The molecule has 2 atom stereocenters. The van der Waals surface area contributed by atoms with Gasteiger partial charge in [-0.25, -0.2) is 0 Å². The molecule has 3 heteroatoms. The van der Waals surface area contributed by atoms with E-state index in [1.807, 2.05) is 19.9 Å². The van der Waals surface area contributed by atoms with Crippen LogP contribution in [0.3, 0.4) is 0 Å². The number of hydrogen-bond acceptors (Lipinski definition) is 3. The molecule has 0 spiro atoms. The Morgan fingerprint density at radius 1 is 1.21 bits per heavy atom. The highest BCUT2D eigenvalue weighted by Crippen LogP contribution is 2.32. The summed E-state index contributed by atoms with van der Waals surface area (Å²) in [4.78, 5) is 2.64. The number of aryl methyl sites for hydroxylation is 1. The standard InChI is InChI=1S/C16H24N2O/c1-11-5-6-15(12(2)16(11)19)17-13-7-9-18-8-3-4-14(18)10-13/h5-6,13-14,17,19H,3-4,7-10H2,1-2H3. The minimum absolute atomic E-state index is 0.434. The van der Waals surface area contributed by atoms with Crippen LogP contribution < -0.4 is 5.32 Å². The molecular formula is C16H24N2O. The SMILES string of the molecule is Cc1ccc(NC2CCN3CCCC3C2)c(C)c1O. The molecular weight excluding hydrogens is 236 g/mol. The molecule has 2 aliphatic heterocycles. The number of rotatable bonds is 2. The van der Waals surface area contributed by atoms with Gasteiger partial charge in [-0.15, -0.1) is 0 Å². The lowest BCUT2D eigenvalue weighted by atomic mass is 9.96. The number of piperidine rings is 1. The maximum atomic E-state index is 10.0. The Hall–Kier alpha value is -1.22. The van der Waals surface area contributed by atoms with Gasteiger partial charge in [-0.05, 0) is 57.7 Å². The monoisotopic (exact) mass is 260 g/mol. The molecule has 1 aromatic carbocycles. The van der Waals surface area contributed by atoms with Crippen LogP contribution in [-0.4, -0.2) is 35.2 Å². The summed E-state index contributed by atoms with van der Waals surface area (Å²) >= 11 is 0. The lowest BCUT2D eigenvalue weighted by Gasteiger charge is -2.35. The first-order valence-corrected chi connectivity index (χ1v) is 7.45. The zero-order valence-corrected chi connectivity index (χ0v) is 11.9. The molecule has 3 nitrogen and oxygen atoms in total. The van der Waals surface area contributed by atoms with Gasteiger partial charge >= 0.3 is 0 Å². The maximum absolute atomic E-state index is 10.0. The molecule has 0 amide bonds. The number of phenols is 1. The van der Waals surface area contributed by atoms with Crippen molar-refractivity contribution in [2.45, 2.75) is 51.6 Å². The lowest BCUT2D eigenvalue weighted by Crippen LogP contribution is -2.42. The van der Waals surface area contributed by atoms with Crippen LogP contribution in [0.25, 0.3) is 0 Å². The summed E-state index contributed by atoms with van der Waals surface area (Å²) in [6, 6.07) is 5.44. The van der Waals surface area contributed by atoms with E-state index in [1.54, 1.807) is 0 Å². The molecule has 0 saturated carbocycles. The molecule has 2 aliphatic rings. The van der Waals surface area contributed by atoms with Crippen LogP contribution in [0, 0.1) is 13.8 Å². The second kappa shape index (κ2) is 5.04. The average molecular weight is 260 g/mol. The summed E-state index contributed by atoms with van der Waals surface area (Å²) in [5, 5.41) is 13.7. The average Bonchev–Trinajstić information content (AvgIpc) is 2.87. The van der Waals surface area contributed by atoms with Crippen molar-refractivity contribution in [1.82, 2.24) is 4.90 Å². The first kappa shape index (κ1) is 12.8. The van der Waals surface area contributed by atoms with Gasteiger partial charge < -0.3 is 15.3 Å². The minimum Gasteiger partial charge on any atom is -0.507 e. The van der Waals surface area contributed by atoms with E-state index in [1.165, 1.54) is 38.8 Å². The summed E-state index contributed by atoms with van der Waals surface area (Å²) in [5.41, 5.74) is 3.03. The number of fused-ring (bicyclic) bond motifs is 1. The Bertz CT molecular complexity index is 472. The predicted octanol–water partition coefficient (Wildman–Crippen LogP) is 3.05. The van der Waals surface area contributed by atoms with Gasteiger partial charge in [0.15, 0.2) is 0 Å². The van der Waals surface area contributed by atoms with Gasteiger partial charge in [0.1, 0.15) is 5.75 Å². The molecule has 0 radical (unpaired) electrons. The number of benzene rings is 1. The van der Waals surface area contributed by atoms with Gasteiger partial charge in [-0.2, -0.15) is 0 Å². The third kappa shape index (κ3) is 2.44. The van der Waals surface area contributed by atoms with Crippen molar-refractivity contribution >= 4 is 5.69 Å². The molecule has 2 saturated heterocycles. The quantitative estimate of drug-likeness (QED) is 0.858. The smallest absolute Gasteiger partial charge is 0.123 e. The molecule has 2 N–H and O–H groups in total. The van der Waals surface area contributed by atoms with Crippen molar-refractivity contribution in [3.05, 3.63) is 23.3 Å². The normalized spacial score (nSPS) is 27.3. The van der Waals surface area contributed by atoms with E-state index in [4.69, 9.17) is 0 Å². The van der Waals surface area contributed by atoms with E-state index in [0.29, 0.717) is 11.8 Å². The summed E-state index contributed by atoms with van der Waals surface area (Å²) in [5.74, 6) is 0.434. The first-order valence-electron chi connectivity index (χ1n) is 7.45. The van der Waals surface area contributed by atoms with Crippen molar-refractivity contribution in [3.63, 3.8) is 0 Å². The molecule has 19 heavy (non-hydrogen) atoms. The molecule has 2 heterocycles. The third-order valence-electron chi connectivity index (χ3n) is 4.81. The Kier molecular flexibility index (Phi) is 3.40. The zero-order valence-electron chi connectivity index (χ0n) is 11.9. The maximum Gasteiger partial charge on any atom is 0.123 e. The summed E-state index contributed by atoms with van der Waals surface area (Å²) in [6.45, 7) is 6.46. The highest BCUT2D eigenvalue weighted by atomic mass is 16.3.